The lowest BCUT2D eigenvalue weighted by Crippen LogP contribution is -2.25. The summed E-state index contributed by atoms with van der Waals surface area (Å²) < 4.78 is 18.3. The number of likely N-dealkylation sites (tertiary alicyclic amines) is 1. The quantitative estimate of drug-likeness (QED) is 0.933. The molecule has 7 heteroatoms. The van der Waals surface area contributed by atoms with Crippen LogP contribution in [0.5, 0.6) is 0 Å². The highest BCUT2D eigenvalue weighted by Crippen LogP contribution is 2.23. The van der Waals surface area contributed by atoms with E-state index in [1.807, 2.05) is 0 Å². The number of hydrogen-bond donors (Lipinski definition) is 1. The molecule has 2 aromatic rings. The van der Waals surface area contributed by atoms with Crippen molar-refractivity contribution in [3.8, 4) is 11.3 Å². The first-order chi connectivity index (χ1) is 10.5. The van der Waals surface area contributed by atoms with Crippen LogP contribution in [-0.4, -0.2) is 33.6 Å². The maximum absolute atomic E-state index is 13.2. The van der Waals surface area contributed by atoms with Gasteiger partial charge in [-0.1, -0.05) is 17.3 Å². The molecule has 3 rings (SSSR count). The maximum Gasteiger partial charge on any atom is 0.308 e. The van der Waals surface area contributed by atoms with Gasteiger partial charge < -0.3 is 14.5 Å². The molecule has 0 aliphatic carbocycles. The predicted molar refractivity (Wildman–Crippen MR) is 73.1 cm³/mol. The van der Waals surface area contributed by atoms with Gasteiger partial charge in [0, 0.05) is 24.6 Å². The lowest BCUT2D eigenvalue weighted by Gasteiger charge is -2.13. The molecule has 2 heterocycles. The van der Waals surface area contributed by atoms with Crippen LogP contribution in [0.1, 0.15) is 12.2 Å². The summed E-state index contributed by atoms with van der Waals surface area (Å²) in [7, 11) is 0. The standard InChI is InChI=1S/C15H13FN2O4/c16-11-3-1-2-9(4-11)13-6-12(22-17-13)8-18-7-10(15(20)21)5-14(18)19/h1-4,6,10H,5,7-8H2,(H,20,21)/t10-/m0/s1. The van der Waals surface area contributed by atoms with Crippen LogP contribution in [0.25, 0.3) is 11.3 Å². The Hall–Kier alpha value is -2.70. The van der Waals surface area contributed by atoms with E-state index in [0.29, 0.717) is 17.0 Å². The average molecular weight is 304 g/mol. The molecule has 1 atom stereocenters. The fraction of sp³-hybridized carbons (Fsp3) is 0.267. The van der Waals surface area contributed by atoms with Crippen molar-refractivity contribution >= 4 is 11.9 Å². The molecule has 6 nitrogen and oxygen atoms in total. The van der Waals surface area contributed by atoms with E-state index in [1.54, 1.807) is 18.2 Å². The van der Waals surface area contributed by atoms with E-state index in [0.717, 1.165) is 0 Å². The van der Waals surface area contributed by atoms with Crippen molar-refractivity contribution in [3.63, 3.8) is 0 Å². The topological polar surface area (TPSA) is 83.6 Å². The van der Waals surface area contributed by atoms with Gasteiger partial charge in [-0.3, -0.25) is 9.59 Å². The molecule has 1 fully saturated rings. The minimum atomic E-state index is -0.978. The zero-order chi connectivity index (χ0) is 15.7. The molecule has 22 heavy (non-hydrogen) atoms. The number of aliphatic carboxylic acids is 1. The molecule has 1 amide bonds. The van der Waals surface area contributed by atoms with Gasteiger partial charge in [-0.15, -0.1) is 0 Å². The van der Waals surface area contributed by atoms with E-state index < -0.39 is 11.9 Å². The number of benzene rings is 1. The zero-order valence-corrected chi connectivity index (χ0v) is 11.5. The van der Waals surface area contributed by atoms with Crippen LogP contribution in [0.15, 0.2) is 34.9 Å². The van der Waals surface area contributed by atoms with E-state index in [-0.39, 0.29) is 31.2 Å². The van der Waals surface area contributed by atoms with Crippen molar-refractivity contribution in [2.24, 2.45) is 5.92 Å². The first-order valence-electron chi connectivity index (χ1n) is 6.75. The van der Waals surface area contributed by atoms with Crippen LogP contribution in [0.2, 0.25) is 0 Å². The molecule has 1 N–H and O–H groups in total. The van der Waals surface area contributed by atoms with Crippen LogP contribution < -0.4 is 0 Å². The highest BCUT2D eigenvalue weighted by atomic mass is 19.1. The van der Waals surface area contributed by atoms with Gasteiger partial charge in [0.15, 0.2) is 5.76 Å². The van der Waals surface area contributed by atoms with Gasteiger partial charge in [0.2, 0.25) is 5.91 Å². The molecule has 0 spiro atoms. The molecular weight excluding hydrogens is 291 g/mol. The van der Waals surface area contributed by atoms with Crippen molar-refractivity contribution < 1.29 is 23.6 Å². The van der Waals surface area contributed by atoms with Gasteiger partial charge in [-0.2, -0.15) is 0 Å². The number of carbonyl (C=O) groups is 2. The van der Waals surface area contributed by atoms with Crippen LogP contribution in [0.3, 0.4) is 0 Å². The minimum absolute atomic E-state index is 0.000222. The molecule has 0 radical (unpaired) electrons. The van der Waals surface area contributed by atoms with Crippen LogP contribution >= 0.6 is 0 Å². The van der Waals surface area contributed by atoms with Gasteiger partial charge in [0.25, 0.3) is 0 Å². The van der Waals surface area contributed by atoms with Gasteiger partial charge in [-0.25, -0.2) is 4.39 Å². The lowest BCUT2D eigenvalue weighted by molar-refractivity contribution is -0.141. The molecule has 1 aliphatic rings. The van der Waals surface area contributed by atoms with Crippen LogP contribution in [0, 0.1) is 11.7 Å². The third-order valence-electron chi connectivity index (χ3n) is 3.59. The summed E-state index contributed by atoms with van der Waals surface area (Å²) >= 11 is 0. The molecule has 0 unspecified atom stereocenters. The van der Waals surface area contributed by atoms with E-state index >= 15 is 0 Å². The van der Waals surface area contributed by atoms with Gasteiger partial charge in [-0.05, 0) is 12.1 Å². The maximum atomic E-state index is 13.2. The van der Waals surface area contributed by atoms with Gasteiger partial charge in [0.05, 0.1) is 12.5 Å². The number of carboxylic acids is 1. The summed E-state index contributed by atoms with van der Waals surface area (Å²) in [6, 6.07) is 7.56. The second-order valence-electron chi connectivity index (χ2n) is 5.20. The number of hydrogen-bond acceptors (Lipinski definition) is 4. The Bertz CT molecular complexity index is 728. The van der Waals surface area contributed by atoms with Crippen molar-refractivity contribution in [1.29, 1.82) is 0 Å². The van der Waals surface area contributed by atoms with E-state index in [1.165, 1.54) is 17.0 Å². The SMILES string of the molecule is O=C(O)[C@H]1CC(=O)N(Cc2cc(-c3cccc(F)c3)no2)C1. The second kappa shape index (κ2) is 5.59. The highest BCUT2D eigenvalue weighted by Gasteiger charge is 2.34. The van der Waals surface area contributed by atoms with Gasteiger partial charge >= 0.3 is 5.97 Å². The Balaban J connectivity index is 1.72. The average Bonchev–Trinajstić information content (AvgIpc) is 3.07. The number of nitrogens with zero attached hydrogens (tertiary/aromatic N) is 2. The number of amides is 1. The summed E-state index contributed by atoms with van der Waals surface area (Å²) in [6.07, 6.45) is 0.000222. The third-order valence-corrected chi connectivity index (χ3v) is 3.59. The molecule has 1 saturated heterocycles. The second-order valence-corrected chi connectivity index (χ2v) is 5.20. The van der Waals surface area contributed by atoms with Crippen LogP contribution in [-0.2, 0) is 16.1 Å². The first kappa shape index (κ1) is 14.2. The molecule has 0 bridgehead atoms. The predicted octanol–water partition coefficient (Wildman–Crippen LogP) is 1.91. The third kappa shape index (κ3) is 2.83. The Morgan fingerprint density at radius 1 is 1.45 bits per heavy atom. The summed E-state index contributed by atoms with van der Waals surface area (Å²) in [4.78, 5) is 24.1. The lowest BCUT2D eigenvalue weighted by atomic mass is 10.1. The summed E-state index contributed by atoms with van der Waals surface area (Å²) in [5.41, 5.74) is 1.04. The van der Waals surface area contributed by atoms with Crippen molar-refractivity contribution in [1.82, 2.24) is 10.1 Å². The number of aromatic nitrogens is 1. The first-order valence-corrected chi connectivity index (χ1v) is 6.75. The number of carbonyl (C=O) groups excluding carboxylic acids is 1. The Kier molecular flexibility index (Phi) is 3.62. The van der Waals surface area contributed by atoms with E-state index in [4.69, 9.17) is 9.63 Å². The minimum Gasteiger partial charge on any atom is -0.481 e. The largest absolute Gasteiger partial charge is 0.481 e. The molecule has 0 saturated carbocycles. The Labute approximate surface area is 125 Å². The van der Waals surface area contributed by atoms with Gasteiger partial charge in [0.1, 0.15) is 11.5 Å². The van der Waals surface area contributed by atoms with E-state index in [2.05, 4.69) is 5.16 Å². The highest BCUT2D eigenvalue weighted by molar-refractivity contribution is 5.86. The molecule has 1 aromatic carbocycles. The fourth-order valence-electron chi connectivity index (χ4n) is 2.45. The smallest absolute Gasteiger partial charge is 0.308 e. The summed E-state index contributed by atoms with van der Waals surface area (Å²) in [6.45, 7) is 0.315. The Morgan fingerprint density at radius 2 is 2.27 bits per heavy atom. The number of carboxylic acid groups (broad SMARTS) is 1. The molecule has 1 aliphatic heterocycles. The number of rotatable bonds is 4. The molecule has 114 valence electrons. The van der Waals surface area contributed by atoms with Crippen molar-refractivity contribution in [2.45, 2.75) is 13.0 Å². The van der Waals surface area contributed by atoms with Crippen LogP contribution in [0.4, 0.5) is 4.39 Å². The van der Waals surface area contributed by atoms with Crippen molar-refractivity contribution in [3.05, 3.63) is 41.9 Å². The Morgan fingerprint density at radius 3 is 2.95 bits per heavy atom. The monoisotopic (exact) mass is 304 g/mol. The number of halogens is 1. The summed E-state index contributed by atoms with van der Waals surface area (Å²) in [5, 5.41) is 12.8. The molecule has 1 aromatic heterocycles. The van der Waals surface area contributed by atoms with Crippen molar-refractivity contribution in [2.75, 3.05) is 6.54 Å². The molecular formula is C15H13FN2O4. The normalized spacial score (nSPS) is 18.0. The zero-order valence-electron chi connectivity index (χ0n) is 11.5. The fourth-order valence-corrected chi connectivity index (χ4v) is 2.45. The summed E-state index contributed by atoms with van der Waals surface area (Å²) in [5.74, 6) is -1.83. The van der Waals surface area contributed by atoms with E-state index in [9.17, 15) is 14.0 Å².